The van der Waals surface area contributed by atoms with E-state index in [0.29, 0.717) is 18.9 Å². The molecule has 1 rings (SSSR count). The number of carbonyl (C=O) groups is 1. The van der Waals surface area contributed by atoms with Crippen LogP contribution in [0.3, 0.4) is 0 Å². The molecule has 0 unspecified atom stereocenters. The zero-order valence-electron chi connectivity index (χ0n) is 6.99. The Hall–Kier alpha value is -0.610. The molecule has 0 spiro atoms. The van der Waals surface area contributed by atoms with Crippen molar-refractivity contribution in [3.63, 3.8) is 0 Å². The zero-order valence-corrected chi connectivity index (χ0v) is 6.99. The van der Waals surface area contributed by atoms with Gasteiger partial charge in [0.15, 0.2) is 0 Å². The van der Waals surface area contributed by atoms with Crippen molar-refractivity contribution in [2.75, 3.05) is 13.2 Å². The molecule has 0 radical (unpaired) electrons. The third kappa shape index (κ3) is 3.19. The molecule has 4 nitrogen and oxygen atoms in total. The molecule has 1 aliphatic carbocycles. The standard InChI is InChI=1S/C8H15NO3/c10-4-3-9-7(8(11)12)5-6-1-2-6/h6-7,9-10H,1-5H2,(H,11,12)/t7-/m0/s1. The van der Waals surface area contributed by atoms with Gasteiger partial charge >= 0.3 is 5.97 Å². The van der Waals surface area contributed by atoms with Crippen LogP contribution in [0.1, 0.15) is 19.3 Å². The summed E-state index contributed by atoms with van der Waals surface area (Å²) in [6.45, 7) is 0.359. The van der Waals surface area contributed by atoms with Gasteiger partial charge in [-0.2, -0.15) is 0 Å². The highest BCUT2D eigenvalue weighted by Crippen LogP contribution is 2.33. The van der Waals surface area contributed by atoms with E-state index < -0.39 is 12.0 Å². The summed E-state index contributed by atoms with van der Waals surface area (Å²) in [5.74, 6) is -0.215. The van der Waals surface area contributed by atoms with Crippen LogP contribution in [0.15, 0.2) is 0 Å². The maximum absolute atomic E-state index is 10.6. The van der Waals surface area contributed by atoms with Gasteiger partial charge in [0.1, 0.15) is 6.04 Å². The first-order valence-corrected chi connectivity index (χ1v) is 4.31. The van der Waals surface area contributed by atoms with E-state index in [2.05, 4.69) is 5.32 Å². The van der Waals surface area contributed by atoms with Crippen molar-refractivity contribution in [1.29, 1.82) is 0 Å². The number of hydrogen-bond acceptors (Lipinski definition) is 3. The van der Waals surface area contributed by atoms with Gasteiger partial charge in [-0.15, -0.1) is 0 Å². The minimum absolute atomic E-state index is 0.00551. The number of carboxylic acid groups (broad SMARTS) is 1. The van der Waals surface area contributed by atoms with Crippen LogP contribution in [0.25, 0.3) is 0 Å². The van der Waals surface area contributed by atoms with Crippen LogP contribution >= 0.6 is 0 Å². The van der Waals surface area contributed by atoms with Gasteiger partial charge < -0.3 is 15.5 Å². The van der Waals surface area contributed by atoms with Crippen molar-refractivity contribution in [3.8, 4) is 0 Å². The van der Waals surface area contributed by atoms with Gasteiger partial charge in [0.05, 0.1) is 6.61 Å². The Balaban J connectivity index is 2.21. The lowest BCUT2D eigenvalue weighted by Crippen LogP contribution is -2.38. The van der Waals surface area contributed by atoms with Crippen molar-refractivity contribution in [1.82, 2.24) is 5.32 Å². The Bertz CT molecular complexity index is 156. The summed E-state index contributed by atoms with van der Waals surface area (Å²) >= 11 is 0. The van der Waals surface area contributed by atoms with E-state index in [1.54, 1.807) is 0 Å². The summed E-state index contributed by atoms with van der Waals surface area (Å²) in [5.41, 5.74) is 0. The van der Waals surface area contributed by atoms with Gasteiger partial charge in [-0.1, -0.05) is 12.8 Å². The minimum Gasteiger partial charge on any atom is -0.480 e. The molecule has 1 saturated carbocycles. The highest BCUT2D eigenvalue weighted by atomic mass is 16.4. The van der Waals surface area contributed by atoms with Crippen LogP contribution in [0, 0.1) is 5.92 Å². The largest absolute Gasteiger partial charge is 0.480 e. The highest BCUT2D eigenvalue weighted by molar-refractivity contribution is 5.73. The summed E-state index contributed by atoms with van der Waals surface area (Å²) in [6, 6.07) is -0.468. The van der Waals surface area contributed by atoms with Crippen LogP contribution in [-0.4, -0.2) is 35.4 Å². The number of aliphatic hydroxyl groups is 1. The van der Waals surface area contributed by atoms with Crippen LogP contribution in [0.5, 0.6) is 0 Å². The molecule has 0 aliphatic heterocycles. The quantitative estimate of drug-likeness (QED) is 0.521. The normalized spacial score (nSPS) is 19.1. The molecule has 0 heterocycles. The lowest BCUT2D eigenvalue weighted by Gasteiger charge is -2.12. The molecule has 0 aromatic heterocycles. The number of aliphatic hydroxyl groups excluding tert-OH is 1. The van der Waals surface area contributed by atoms with Crippen LogP contribution < -0.4 is 5.32 Å². The molecule has 0 saturated heterocycles. The van der Waals surface area contributed by atoms with Gasteiger partial charge in [0, 0.05) is 6.54 Å². The Morgan fingerprint density at radius 1 is 1.58 bits per heavy atom. The lowest BCUT2D eigenvalue weighted by atomic mass is 10.1. The molecule has 12 heavy (non-hydrogen) atoms. The number of carboxylic acids is 1. The summed E-state index contributed by atoms with van der Waals surface area (Å²) in [7, 11) is 0. The zero-order chi connectivity index (χ0) is 8.97. The molecule has 1 aliphatic rings. The molecule has 3 N–H and O–H groups in total. The van der Waals surface area contributed by atoms with Gasteiger partial charge in [-0.05, 0) is 12.3 Å². The Labute approximate surface area is 71.6 Å². The Morgan fingerprint density at radius 3 is 2.67 bits per heavy atom. The first-order chi connectivity index (χ1) is 5.74. The summed E-state index contributed by atoms with van der Waals surface area (Å²) in [5, 5.41) is 20.0. The lowest BCUT2D eigenvalue weighted by molar-refractivity contribution is -0.139. The van der Waals surface area contributed by atoms with E-state index in [0.717, 1.165) is 12.8 Å². The van der Waals surface area contributed by atoms with E-state index in [-0.39, 0.29) is 6.61 Å². The second-order valence-electron chi connectivity index (χ2n) is 3.25. The molecule has 0 bridgehead atoms. The van der Waals surface area contributed by atoms with Crippen molar-refractivity contribution >= 4 is 5.97 Å². The molecule has 1 atom stereocenters. The van der Waals surface area contributed by atoms with Gasteiger partial charge in [0.25, 0.3) is 0 Å². The van der Waals surface area contributed by atoms with Crippen molar-refractivity contribution < 1.29 is 15.0 Å². The SMILES string of the molecule is O=C(O)[C@H](CC1CC1)NCCO. The monoisotopic (exact) mass is 173 g/mol. The van der Waals surface area contributed by atoms with E-state index in [4.69, 9.17) is 10.2 Å². The second kappa shape index (κ2) is 4.42. The van der Waals surface area contributed by atoms with Crippen LogP contribution in [0.4, 0.5) is 0 Å². The third-order valence-electron chi connectivity index (χ3n) is 2.07. The van der Waals surface area contributed by atoms with E-state index in [1.807, 2.05) is 0 Å². The average molecular weight is 173 g/mol. The van der Waals surface area contributed by atoms with E-state index in [1.165, 1.54) is 0 Å². The molecule has 0 aromatic carbocycles. The van der Waals surface area contributed by atoms with E-state index in [9.17, 15) is 4.79 Å². The number of hydrogen-bond donors (Lipinski definition) is 3. The Kier molecular flexibility index (Phi) is 3.49. The predicted molar refractivity (Wildman–Crippen MR) is 43.9 cm³/mol. The fourth-order valence-electron chi connectivity index (χ4n) is 1.20. The number of nitrogens with one attached hydrogen (secondary N) is 1. The van der Waals surface area contributed by atoms with Crippen molar-refractivity contribution in [2.24, 2.45) is 5.92 Å². The molecule has 1 fully saturated rings. The number of aliphatic carboxylic acids is 1. The third-order valence-corrected chi connectivity index (χ3v) is 2.07. The minimum atomic E-state index is -0.810. The van der Waals surface area contributed by atoms with Crippen LogP contribution in [-0.2, 0) is 4.79 Å². The molecule has 0 aromatic rings. The van der Waals surface area contributed by atoms with Gasteiger partial charge in [0.2, 0.25) is 0 Å². The summed E-state index contributed by atoms with van der Waals surface area (Å²) in [4.78, 5) is 10.6. The average Bonchev–Trinajstić information content (AvgIpc) is 2.80. The molecule has 0 amide bonds. The molecular weight excluding hydrogens is 158 g/mol. The fourth-order valence-corrected chi connectivity index (χ4v) is 1.20. The van der Waals surface area contributed by atoms with Crippen molar-refractivity contribution in [2.45, 2.75) is 25.3 Å². The second-order valence-corrected chi connectivity index (χ2v) is 3.25. The van der Waals surface area contributed by atoms with Crippen LogP contribution in [0.2, 0.25) is 0 Å². The van der Waals surface area contributed by atoms with Gasteiger partial charge in [-0.25, -0.2) is 0 Å². The molecule has 4 heteroatoms. The summed E-state index contributed by atoms with van der Waals surface area (Å²) < 4.78 is 0. The highest BCUT2D eigenvalue weighted by Gasteiger charge is 2.28. The topological polar surface area (TPSA) is 69.6 Å². The van der Waals surface area contributed by atoms with Gasteiger partial charge in [-0.3, -0.25) is 4.79 Å². The molecule has 70 valence electrons. The van der Waals surface area contributed by atoms with E-state index >= 15 is 0 Å². The summed E-state index contributed by atoms with van der Waals surface area (Å²) in [6.07, 6.45) is 3.02. The fraction of sp³-hybridized carbons (Fsp3) is 0.875. The smallest absolute Gasteiger partial charge is 0.320 e. The maximum Gasteiger partial charge on any atom is 0.320 e. The molecular formula is C8H15NO3. The predicted octanol–water partition coefficient (Wildman–Crippen LogP) is -0.178. The maximum atomic E-state index is 10.6. The number of rotatable bonds is 6. The Morgan fingerprint density at radius 2 is 2.25 bits per heavy atom. The van der Waals surface area contributed by atoms with Crippen molar-refractivity contribution in [3.05, 3.63) is 0 Å². The first-order valence-electron chi connectivity index (χ1n) is 4.31. The first kappa shape index (κ1) is 9.48.